The van der Waals surface area contributed by atoms with Gasteiger partial charge in [-0.25, -0.2) is 8.42 Å². The minimum absolute atomic E-state index is 0.185. The quantitative estimate of drug-likeness (QED) is 0.769. The molecule has 0 aromatic heterocycles. The Kier molecular flexibility index (Phi) is 6.27. The maximum absolute atomic E-state index is 12.1. The van der Waals surface area contributed by atoms with Gasteiger partial charge in [0.25, 0.3) is 0 Å². The third kappa shape index (κ3) is 6.28. The van der Waals surface area contributed by atoms with Crippen molar-refractivity contribution in [3.63, 3.8) is 0 Å². The highest BCUT2D eigenvalue weighted by atomic mass is 35.5. The number of aryl methyl sites for hydroxylation is 1. The number of rotatable bonds is 7. The Morgan fingerprint density at radius 2 is 1.96 bits per heavy atom. The second kappa shape index (κ2) is 8.22. The summed E-state index contributed by atoms with van der Waals surface area (Å²) in [6.07, 6.45) is 1.88. The Hall–Kier alpha value is -2.25. The average molecular weight is 383 g/mol. The van der Waals surface area contributed by atoms with Gasteiger partial charge in [-0.2, -0.15) is 0 Å². The summed E-state index contributed by atoms with van der Waals surface area (Å²) in [5.74, 6) is 0.179. The van der Waals surface area contributed by atoms with Gasteiger partial charge in [0.05, 0.1) is 19.1 Å². The van der Waals surface area contributed by atoms with Gasteiger partial charge in [0.2, 0.25) is 15.9 Å². The largest absolute Gasteiger partial charge is 0.495 e. The summed E-state index contributed by atoms with van der Waals surface area (Å²) >= 11 is 5.92. The molecule has 6 nitrogen and oxygen atoms in total. The van der Waals surface area contributed by atoms with Crippen LogP contribution in [0.2, 0.25) is 5.02 Å². The van der Waals surface area contributed by atoms with Gasteiger partial charge in [-0.05, 0) is 42.3 Å². The first-order valence-electron chi connectivity index (χ1n) is 7.47. The van der Waals surface area contributed by atoms with Crippen LogP contribution in [0.4, 0.5) is 11.4 Å². The highest BCUT2D eigenvalue weighted by molar-refractivity contribution is 7.92. The molecule has 0 unspecified atom stereocenters. The molecule has 2 aromatic carbocycles. The van der Waals surface area contributed by atoms with Gasteiger partial charge in [0.1, 0.15) is 5.75 Å². The number of hydrogen-bond acceptors (Lipinski definition) is 4. The lowest BCUT2D eigenvalue weighted by atomic mass is 10.1. The molecule has 0 bridgehead atoms. The van der Waals surface area contributed by atoms with Crippen LogP contribution in [0.15, 0.2) is 42.5 Å². The fourth-order valence-corrected chi connectivity index (χ4v) is 3.01. The van der Waals surface area contributed by atoms with Crippen LogP contribution in [-0.4, -0.2) is 27.7 Å². The summed E-state index contributed by atoms with van der Waals surface area (Å²) < 4.78 is 30.3. The van der Waals surface area contributed by atoms with E-state index in [1.165, 1.54) is 13.2 Å². The van der Waals surface area contributed by atoms with Crippen molar-refractivity contribution in [3.8, 4) is 5.75 Å². The second-order valence-corrected chi connectivity index (χ2v) is 7.65. The Morgan fingerprint density at radius 1 is 1.20 bits per heavy atom. The van der Waals surface area contributed by atoms with E-state index < -0.39 is 10.0 Å². The lowest BCUT2D eigenvalue weighted by Crippen LogP contribution is -2.14. The van der Waals surface area contributed by atoms with Crippen LogP contribution in [0.5, 0.6) is 5.75 Å². The molecular formula is C17H19ClN2O4S. The first-order valence-corrected chi connectivity index (χ1v) is 9.74. The number of carbonyl (C=O) groups excluding carboxylic acids is 1. The third-order valence-corrected chi connectivity index (χ3v) is 4.13. The van der Waals surface area contributed by atoms with Gasteiger partial charge < -0.3 is 10.1 Å². The number of nitrogens with one attached hydrogen (secondary N) is 2. The summed E-state index contributed by atoms with van der Waals surface area (Å²) in [5, 5.41) is 3.37. The summed E-state index contributed by atoms with van der Waals surface area (Å²) in [6.45, 7) is 0. The average Bonchev–Trinajstić information content (AvgIpc) is 2.52. The van der Waals surface area contributed by atoms with Gasteiger partial charge >= 0.3 is 0 Å². The molecule has 0 spiro atoms. The van der Waals surface area contributed by atoms with E-state index in [1.807, 2.05) is 18.2 Å². The van der Waals surface area contributed by atoms with Gasteiger partial charge in [-0.15, -0.1) is 0 Å². The topological polar surface area (TPSA) is 84.5 Å². The molecule has 0 aliphatic heterocycles. The smallest absolute Gasteiger partial charge is 0.229 e. The van der Waals surface area contributed by atoms with Crippen LogP contribution in [0, 0.1) is 0 Å². The van der Waals surface area contributed by atoms with Crippen LogP contribution in [-0.2, 0) is 21.2 Å². The predicted octanol–water partition coefficient (Wildman–Crippen LogP) is 3.29. The zero-order valence-electron chi connectivity index (χ0n) is 13.9. The second-order valence-electron chi connectivity index (χ2n) is 5.47. The molecule has 25 heavy (non-hydrogen) atoms. The predicted molar refractivity (Wildman–Crippen MR) is 99.9 cm³/mol. The van der Waals surface area contributed by atoms with Gasteiger partial charge in [-0.3, -0.25) is 9.52 Å². The fraction of sp³-hybridized carbons (Fsp3) is 0.235. The van der Waals surface area contributed by atoms with Crippen molar-refractivity contribution in [2.45, 2.75) is 12.8 Å². The van der Waals surface area contributed by atoms with Crippen molar-refractivity contribution in [2.75, 3.05) is 23.4 Å². The number of sulfonamides is 1. The standard InChI is InChI=1S/C17H19ClN2O4S/c1-24-16-8-7-14(11-15(16)20-25(2,22)23)19-17(21)9-6-12-4-3-5-13(18)10-12/h3-5,7-8,10-11,20H,6,9H2,1-2H3,(H,19,21). The number of carbonyl (C=O) groups is 1. The molecule has 0 heterocycles. The minimum atomic E-state index is -3.46. The molecule has 0 aliphatic carbocycles. The van der Waals surface area contributed by atoms with E-state index in [1.54, 1.807) is 18.2 Å². The maximum atomic E-state index is 12.1. The Morgan fingerprint density at radius 3 is 2.60 bits per heavy atom. The molecule has 0 atom stereocenters. The van der Waals surface area contributed by atoms with E-state index in [4.69, 9.17) is 16.3 Å². The number of ether oxygens (including phenoxy) is 1. The summed E-state index contributed by atoms with van der Waals surface area (Å²) in [6, 6.07) is 12.1. The van der Waals surface area contributed by atoms with Crippen LogP contribution in [0.25, 0.3) is 0 Å². The molecule has 0 saturated carbocycles. The van der Waals surface area contributed by atoms with Crippen molar-refractivity contribution in [1.82, 2.24) is 0 Å². The molecule has 134 valence electrons. The lowest BCUT2D eigenvalue weighted by Gasteiger charge is -2.12. The Labute approximate surface area is 152 Å². The van der Waals surface area contributed by atoms with E-state index in [2.05, 4.69) is 10.0 Å². The molecule has 0 fully saturated rings. The third-order valence-electron chi connectivity index (χ3n) is 3.31. The number of anilines is 2. The maximum Gasteiger partial charge on any atom is 0.229 e. The summed E-state index contributed by atoms with van der Waals surface area (Å²) in [7, 11) is -2.02. The number of halogens is 1. The monoisotopic (exact) mass is 382 g/mol. The van der Waals surface area contributed by atoms with Crippen LogP contribution >= 0.6 is 11.6 Å². The normalized spacial score (nSPS) is 11.0. The molecule has 0 radical (unpaired) electrons. The van der Waals surface area contributed by atoms with Crippen LogP contribution in [0.1, 0.15) is 12.0 Å². The van der Waals surface area contributed by atoms with E-state index >= 15 is 0 Å². The molecule has 0 saturated heterocycles. The highest BCUT2D eigenvalue weighted by Crippen LogP contribution is 2.28. The van der Waals surface area contributed by atoms with E-state index in [-0.39, 0.29) is 18.0 Å². The van der Waals surface area contributed by atoms with Crippen molar-refractivity contribution in [1.29, 1.82) is 0 Å². The zero-order valence-corrected chi connectivity index (χ0v) is 15.4. The molecule has 2 N–H and O–H groups in total. The van der Waals surface area contributed by atoms with Crippen molar-refractivity contribution < 1.29 is 17.9 Å². The molecule has 0 aliphatic rings. The van der Waals surface area contributed by atoms with Gasteiger partial charge in [-0.1, -0.05) is 23.7 Å². The SMILES string of the molecule is COc1ccc(NC(=O)CCc2cccc(Cl)c2)cc1NS(C)(=O)=O. The van der Waals surface area contributed by atoms with Gasteiger partial charge in [0, 0.05) is 17.1 Å². The summed E-state index contributed by atoms with van der Waals surface area (Å²) in [4.78, 5) is 12.1. The first-order chi connectivity index (χ1) is 11.8. The van der Waals surface area contributed by atoms with Crippen LogP contribution < -0.4 is 14.8 Å². The van der Waals surface area contributed by atoms with Crippen molar-refractivity contribution in [2.24, 2.45) is 0 Å². The fourth-order valence-electron chi connectivity index (χ4n) is 2.24. The number of hydrogen-bond donors (Lipinski definition) is 2. The zero-order chi connectivity index (χ0) is 18.4. The summed E-state index contributed by atoms with van der Waals surface area (Å²) in [5.41, 5.74) is 1.71. The van der Waals surface area contributed by atoms with E-state index in [0.717, 1.165) is 11.8 Å². The van der Waals surface area contributed by atoms with Crippen molar-refractivity contribution in [3.05, 3.63) is 53.1 Å². The Balaban J connectivity index is 2.03. The first kappa shape index (κ1) is 19.1. The van der Waals surface area contributed by atoms with E-state index in [0.29, 0.717) is 22.9 Å². The number of methoxy groups -OCH3 is 1. The molecule has 1 amide bonds. The van der Waals surface area contributed by atoms with Gasteiger partial charge in [0.15, 0.2) is 0 Å². The van der Waals surface area contributed by atoms with Crippen molar-refractivity contribution >= 4 is 38.9 Å². The minimum Gasteiger partial charge on any atom is -0.495 e. The number of benzene rings is 2. The lowest BCUT2D eigenvalue weighted by molar-refractivity contribution is -0.116. The van der Waals surface area contributed by atoms with Crippen LogP contribution in [0.3, 0.4) is 0 Å². The highest BCUT2D eigenvalue weighted by Gasteiger charge is 2.11. The molecule has 2 aromatic rings. The number of amides is 1. The Bertz CT molecular complexity index is 869. The molecule has 2 rings (SSSR count). The van der Waals surface area contributed by atoms with E-state index in [9.17, 15) is 13.2 Å². The molecule has 8 heteroatoms. The molecular weight excluding hydrogens is 364 g/mol.